The van der Waals surface area contributed by atoms with E-state index in [1.165, 1.54) is 0 Å². The second kappa shape index (κ2) is 10.7. The predicted octanol–water partition coefficient (Wildman–Crippen LogP) is 4.74. The minimum absolute atomic E-state index is 0.0448. The Balaban J connectivity index is 1.50. The Bertz CT molecular complexity index is 1100. The van der Waals surface area contributed by atoms with Crippen LogP contribution in [0.4, 0.5) is 0 Å². The van der Waals surface area contributed by atoms with Gasteiger partial charge in [0.05, 0.1) is 10.9 Å². The molecule has 3 aromatic carbocycles. The summed E-state index contributed by atoms with van der Waals surface area (Å²) in [6.45, 7) is 2.19. The first kappa shape index (κ1) is 23.2. The van der Waals surface area contributed by atoms with Crippen LogP contribution in [0.1, 0.15) is 36.1 Å². The van der Waals surface area contributed by atoms with Crippen LogP contribution < -0.4 is 10.0 Å². The number of sulfonamides is 1. The zero-order valence-corrected chi connectivity index (χ0v) is 19.6. The third-order valence-electron chi connectivity index (χ3n) is 4.93. The van der Waals surface area contributed by atoms with Crippen molar-refractivity contribution in [2.24, 2.45) is 0 Å². The zero-order chi connectivity index (χ0) is 22.3. The molecule has 1 unspecified atom stereocenters. The monoisotopic (exact) mass is 500 g/mol. The molecule has 0 spiro atoms. The topological polar surface area (TPSA) is 75.3 Å². The molecule has 0 radical (unpaired) electrons. The lowest BCUT2D eigenvalue weighted by atomic mass is 10.1. The molecule has 0 saturated carbocycles. The summed E-state index contributed by atoms with van der Waals surface area (Å²) >= 11 is 3.40. The van der Waals surface area contributed by atoms with Gasteiger partial charge < -0.3 is 5.32 Å². The van der Waals surface area contributed by atoms with E-state index in [9.17, 15) is 13.2 Å². The van der Waals surface area contributed by atoms with Gasteiger partial charge in [-0.1, -0.05) is 70.5 Å². The average molecular weight is 501 g/mol. The number of carbonyl (C=O) groups is 1. The number of rotatable bonds is 9. The molecule has 5 nitrogen and oxygen atoms in total. The van der Waals surface area contributed by atoms with Crippen LogP contribution in [0.15, 0.2) is 88.2 Å². The Hall–Kier alpha value is -2.48. The first-order chi connectivity index (χ1) is 14.8. The van der Waals surface area contributed by atoms with Crippen molar-refractivity contribution in [2.45, 2.75) is 37.2 Å². The summed E-state index contributed by atoms with van der Waals surface area (Å²) in [5, 5.41) is 2.99. The van der Waals surface area contributed by atoms with Crippen molar-refractivity contribution in [3.05, 3.63) is 100 Å². The van der Waals surface area contributed by atoms with E-state index in [0.29, 0.717) is 12.8 Å². The number of hydrogen-bond donors (Lipinski definition) is 2. The van der Waals surface area contributed by atoms with Crippen molar-refractivity contribution < 1.29 is 13.2 Å². The fraction of sp³-hybridized carbons (Fsp3) is 0.208. The number of hydrogen-bond acceptors (Lipinski definition) is 3. The molecule has 162 valence electrons. The van der Waals surface area contributed by atoms with Crippen molar-refractivity contribution in [3.63, 3.8) is 0 Å². The summed E-state index contributed by atoms with van der Waals surface area (Å²) < 4.78 is 28.6. The first-order valence-electron chi connectivity index (χ1n) is 10.0. The fourth-order valence-corrected chi connectivity index (χ4v) is 4.38. The van der Waals surface area contributed by atoms with Crippen LogP contribution in [0.3, 0.4) is 0 Å². The minimum Gasteiger partial charge on any atom is -0.350 e. The average Bonchev–Trinajstić information content (AvgIpc) is 2.78. The molecule has 0 aliphatic heterocycles. The van der Waals surface area contributed by atoms with E-state index in [-0.39, 0.29) is 23.4 Å². The molecule has 0 bridgehead atoms. The molecule has 0 aliphatic rings. The van der Waals surface area contributed by atoms with Gasteiger partial charge in [0.15, 0.2) is 0 Å². The Morgan fingerprint density at radius 3 is 2.19 bits per heavy atom. The highest BCUT2D eigenvalue weighted by Gasteiger charge is 2.14. The van der Waals surface area contributed by atoms with Crippen LogP contribution in [0, 0.1) is 0 Å². The smallest absolute Gasteiger partial charge is 0.240 e. The van der Waals surface area contributed by atoms with E-state index in [4.69, 9.17) is 0 Å². The van der Waals surface area contributed by atoms with Crippen LogP contribution in [-0.4, -0.2) is 14.3 Å². The van der Waals surface area contributed by atoms with Gasteiger partial charge in [-0.3, -0.25) is 4.79 Å². The van der Waals surface area contributed by atoms with Crippen molar-refractivity contribution in [1.29, 1.82) is 0 Å². The molecule has 0 saturated heterocycles. The Morgan fingerprint density at radius 1 is 0.903 bits per heavy atom. The lowest BCUT2D eigenvalue weighted by Crippen LogP contribution is -2.26. The second-order valence-corrected chi connectivity index (χ2v) is 9.98. The molecule has 0 fully saturated rings. The van der Waals surface area contributed by atoms with Crippen molar-refractivity contribution >= 4 is 31.9 Å². The lowest BCUT2D eigenvalue weighted by Gasteiger charge is -2.14. The summed E-state index contributed by atoms with van der Waals surface area (Å²) in [7, 11) is -3.59. The fourth-order valence-electron chi connectivity index (χ4n) is 3.10. The van der Waals surface area contributed by atoms with Gasteiger partial charge in [-0.2, -0.15) is 0 Å². The second-order valence-electron chi connectivity index (χ2n) is 7.29. The number of nitrogens with one attached hydrogen (secondary N) is 2. The zero-order valence-electron chi connectivity index (χ0n) is 17.2. The van der Waals surface area contributed by atoms with E-state index in [0.717, 1.165) is 21.2 Å². The molecule has 0 aromatic heterocycles. The molecular formula is C24H25BrN2O3S. The standard InChI is InChI=1S/C24H25BrN2O3S/c1-18(21-10-12-22(25)13-11-21)27-24(28)16-9-19-7-14-23(15-8-19)31(29,30)26-17-20-5-3-2-4-6-20/h2-8,10-15,18,26H,9,16-17H2,1H3,(H,27,28). The van der Waals surface area contributed by atoms with Crippen LogP contribution in [0.2, 0.25) is 0 Å². The first-order valence-corrected chi connectivity index (χ1v) is 12.3. The van der Waals surface area contributed by atoms with Gasteiger partial charge in [-0.15, -0.1) is 0 Å². The van der Waals surface area contributed by atoms with Crippen LogP contribution in [-0.2, 0) is 27.8 Å². The van der Waals surface area contributed by atoms with E-state index < -0.39 is 10.0 Å². The third kappa shape index (κ3) is 7.02. The quantitative estimate of drug-likeness (QED) is 0.445. The number of amides is 1. The number of aryl methyl sites for hydroxylation is 1. The van der Waals surface area contributed by atoms with Gasteiger partial charge in [-0.05, 0) is 54.3 Å². The summed E-state index contributed by atoms with van der Waals surface area (Å²) in [6, 6.07) is 23.8. The van der Waals surface area contributed by atoms with Crippen LogP contribution in [0.5, 0.6) is 0 Å². The summed E-state index contributed by atoms with van der Waals surface area (Å²) in [5.41, 5.74) is 2.84. The molecule has 2 N–H and O–H groups in total. The maximum atomic E-state index is 12.5. The van der Waals surface area contributed by atoms with E-state index >= 15 is 0 Å². The Labute approximate surface area is 192 Å². The highest BCUT2D eigenvalue weighted by Crippen LogP contribution is 2.17. The number of benzene rings is 3. The van der Waals surface area contributed by atoms with Gasteiger partial charge >= 0.3 is 0 Å². The van der Waals surface area contributed by atoms with Gasteiger partial charge in [0.2, 0.25) is 15.9 Å². The maximum absolute atomic E-state index is 12.5. The Morgan fingerprint density at radius 2 is 1.55 bits per heavy atom. The van der Waals surface area contributed by atoms with Gasteiger partial charge in [0.1, 0.15) is 0 Å². The largest absolute Gasteiger partial charge is 0.350 e. The van der Waals surface area contributed by atoms with Crippen molar-refractivity contribution in [1.82, 2.24) is 10.0 Å². The van der Waals surface area contributed by atoms with Crippen LogP contribution >= 0.6 is 15.9 Å². The molecule has 3 rings (SSSR count). The van der Waals surface area contributed by atoms with E-state index in [1.54, 1.807) is 24.3 Å². The number of carbonyl (C=O) groups excluding carboxylic acids is 1. The number of halogens is 1. The highest BCUT2D eigenvalue weighted by atomic mass is 79.9. The lowest BCUT2D eigenvalue weighted by molar-refractivity contribution is -0.121. The predicted molar refractivity (Wildman–Crippen MR) is 126 cm³/mol. The molecule has 0 aliphatic carbocycles. The molecule has 7 heteroatoms. The maximum Gasteiger partial charge on any atom is 0.240 e. The molecule has 31 heavy (non-hydrogen) atoms. The highest BCUT2D eigenvalue weighted by molar-refractivity contribution is 9.10. The molecule has 1 atom stereocenters. The van der Waals surface area contributed by atoms with Gasteiger partial charge in [0.25, 0.3) is 0 Å². The normalized spacial score (nSPS) is 12.3. The summed E-state index contributed by atoms with van der Waals surface area (Å²) in [6.07, 6.45) is 0.871. The van der Waals surface area contributed by atoms with E-state index in [1.807, 2.05) is 61.5 Å². The van der Waals surface area contributed by atoms with Gasteiger partial charge in [0, 0.05) is 17.4 Å². The van der Waals surface area contributed by atoms with Gasteiger partial charge in [-0.25, -0.2) is 13.1 Å². The van der Waals surface area contributed by atoms with Crippen LogP contribution in [0.25, 0.3) is 0 Å². The Kier molecular flexibility index (Phi) is 8.01. The van der Waals surface area contributed by atoms with Crippen molar-refractivity contribution in [3.8, 4) is 0 Å². The summed E-state index contributed by atoms with van der Waals surface area (Å²) in [4.78, 5) is 12.5. The minimum atomic E-state index is -3.59. The molecular weight excluding hydrogens is 476 g/mol. The molecule has 0 heterocycles. The molecule has 3 aromatic rings. The van der Waals surface area contributed by atoms with Crippen molar-refractivity contribution in [2.75, 3.05) is 0 Å². The SMILES string of the molecule is CC(NC(=O)CCc1ccc(S(=O)(=O)NCc2ccccc2)cc1)c1ccc(Br)cc1. The van der Waals surface area contributed by atoms with E-state index in [2.05, 4.69) is 26.0 Å². The summed E-state index contributed by atoms with van der Waals surface area (Å²) in [5.74, 6) is -0.0448. The molecule has 1 amide bonds. The third-order valence-corrected chi connectivity index (χ3v) is 6.88.